The number of carbonyl (C=O) groups excluding carboxylic acids is 3. The number of hydrogen-bond acceptors (Lipinski definition) is 5. The van der Waals surface area contributed by atoms with Gasteiger partial charge in [-0.3, -0.25) is 14.4 Å². The first-order chi connectivity index (χ1) is 20.3. The Labute approximate surface area is 240 Å². The molecule has 2 aliphatic heterocycles. The van der Waals surface area contributed by atoms with Gasteiger partial charge in [0, 0.05) is 17.8 Å². The standard InChI is InChI=1S/C33H26F2N2O5/c34-22-5-9-24(10-6-22)36-29(19-30(36)39)20-3-15-27(16-4-20)42-31(40)18-17-28-32(21-1-13-26(38)14-2-21)37(33(28)41)25-11-7-23(35)8-12-25/h1-16,28-29,32,38H,17-19H2/t28?,29-,32+/m0/s1. The van der Waals surface area contributed by atoms with E-state index in [1.165, 1.54) is 48.5 Å². The van der Waals surface area contributed by atoms with Crippen LogP contribution in [-0.2, 0) is 14.4 Å². The molecule has 4 aromatic rings. The van der Waals surface area contributed by atoms with Gasteiger partial charge in [-0.1, -0.05) is 24.3 Å². The Bertz CT molecular complexity index is 1620. The zero-order valence-electron chi connectivity index (χ0n) is 22.3. The quantitative estimate of drug-likeness (QED) is 0.155. The summed E-state index contributed by atoms with van der Waals surface area (Å²) >= 11 is 0. The lowest BCUT2D eigenvalue weighted by atomic mass is 9.79. The minimum Gasteiger partial charge on any atom is -0.508 e. The molecule has 1 N–H and O–H groups in total. The Morgan fingerprint density at radius 1 is 0.762 bits per heavy atom. The van der Waals surface area contributed by atoms with Crippen LogP contribution in [0.15, 0.2) is 97.1 Å². The second-order valence-corrected chi connectivity index (χ2v) is 10.4. The van der Waals surface area contributed by atoms with Crippen molar-refractivity contribution in [3.05, 3.63) is 120 Å². The van der Waals surface area contributed by atoms with Crippen molar-refractivity contribution in [3.8, 4) is 11.5 Å². The van der Waals surface area contributed by atoms with E-state index < -0.39 is 17.7 Å². The molecule has 0 saturated carbocycles. The zero-order chi connectivity index (χ0) is 29.4. The van der Waals surface area contributed by atoms with Crippen LogP contribution < -0.4 is 14.5 Å². The van der Waals surface area contributed by atoms with E-state index >= 15 is 0 Å². The van der Waals surface area contributed by atoms with E-state index in [0.717, 1.165) is 11.1 Å². The van der Waals surface area contributed by atoms with Crippen LogP contribution in [0.1, 0.15) is 42.5 Å². The second kappa shape index (κ2) is 11.1. The maximum absolute atomic E-state index is 13.5. The van der Waals surface area contributed by atoms with Crippen LogP contribution in [0.25, 0.3) is 0 Å². The molecular weight excluding hydrogens is 542 g/mol. The summed E-state index contributed by atoms with van der Waals surface area (Å²) in [7, 11) is 0. The second-order valence-electron chi connectivity index (χ2n) is 10.4. The molecule has 212 valence electrons. The topological polar surface area (TPSA) is 87.1 Å². The van der Waals surface area contributed by atoms with Gasteiger partial charge in [-0.2, -0.15) is 0 Å². The summed E-state index contributed by atoms with van der Waals surface area (Å²) in [4.78, 5) is 41.3. The minimum absolute atomic E-state index is 0.000525. The van der Waals surface area contributed by atoms with Crippen LogP contribution in [0, 0.1) is 17.6 Å². The monoisotopic (exact) mass is 568 g/mol. The Morgan fingerprint density at radius 2 is 1.31 bits per heavy atom. The van der Waals surface area contributed by atoms with Gasteiger partial charge >= 0.3 is 5.97 Å². The number of ether oxygens (including phenoxy) is 1. The average molecular weight is 569 g/mol. The van der Waals surface area contributed by atoms with E-state index in [2.05, 4.69) is 0 Å². The fraction of sp³-hybridized carbons (Fsp3) is 0.182. The molecule has 0 radical (unpaired) electrons. The number of phenolic OH excluding ortho intramolecular Hbond substituents is 1. The summed E-state index contributed by atoms with van der Waals surface area (Å²) in [6, 6.07) is 24.2. The molecule has 0 aromatic heterocycles. The molecule has 1 unspecified atom stereocenters. The van der Waals surface area contributed by atoms with E-state index in [0.29, 0.717) is 23.5 Å². The number of hydrogen-bond donors (Lipinski definition) is 1. The van der Waals surface area contributed by atoms with Gasteiger partial charge < -0.3 is 19.6 Å². The summed E-state index contributed by atoms with van der Waals surface area (Å²) in [5, 5.41) is 9.71. The van der Waals surface area contributed by atoms with Gasteiger partial charge in [0.25, 0.3) is 0 Å². The fourth-order valence-electron chi connectivity index (χ4n) is 5.60. The first-order valence-corrected chi connectivity index (χ1v) is 13.5. The lowest BCUT2D eigenvalue weighted by Gasteiger charge is -2.47. The Kier molecular flexibility index (Phi) is 7.16. The summed E-state index contributed by atoms with van der Waals surface area (Å²) < 4.78 is 32.3. The molecule has 42 heavy (non-hydrogen) atoms. The zero-order valence-corrected chi connectivity index (χ0v) is 22.3. The fourth-order valence-corrected chi connectivity index (χ4v) is 5.60. The molecule has 2 heterocycles. The minimum atomic E-state index is -0.497. The van der Waals surface area contributed by atoms with Gasteiger partial charge in [0.1, 0.15) is 23.1 Å². The highest BCUT2D eigenvalue weighted by Crippen LogP contribution is 2.46. The van der Waals surface area contributed by atoms with Crippen molar-refractivity contribution in [2.24, 2.45) is 5.92 Å². The van der Waals surface area contributed by atoms with Crippen LogP contribution >= 0.6 is 0 Å². The Balaban J connectivity index is 1.09. The van der Waals surface area contributed by atoms with Crippen molar-refractivity contribution in [3.63, 3.8) is 0 Å². The summed E-state index contributed by atoms with van der Waals surface area (Å²) in [5.41, 5.74) is 2.80. The lowest BCUT2D eigenvalue weighted by molar-refractivity contribution is -0.136. The molecule has 4 aromatic carbocycles. The number of anilines is 2. The normalized spacial score (nSPS) is 19.7. The predicted octanol–water partition coefficient (Wildman–Crippen LogP) is 6.24. The van der Waals surface area contributed by atoms with Crippen molar-refractivity contribution in [1.82, 2.24) is 0 Å². The van der Waals surface area contributed by atoms with Gasteiger partial charge in [-0.15, -0.1) is 0 Å². The van der Waals surface area contributed by atoms with Crippen LogP contribution in [0.5, 0.6) is 11.5 Å². The molecule has 2 fully saturated rings. The number of nitrogens with zero attached hydrogens (tertiary/aromatic N) is 2. The third-order valence-corrected chi connectivity index (χ3v) is 7.76. The van der Waals surface area contributed by atoms with Crippen molar-refractivity contribution in [2.75, 3.05) is 9.80 Å². The number of β-lactam (4-membered cyclic amide) rings is 2. The molecule has 2 aliphatic rings. The van der Waals surface area contributed by atoms with E-state index in [1.807, 2.05) is 0 Å². The Morgan fingerprint density at radius 3 is 1.88 bits per heavy atom. The smallest absolute Gasteiger partial charge is 0.311 e. The van der Waals surface area contributed by atoms with Crippen molar-refractivity contribution in [1.29, 1.82) is 0 Å². The molecule has 2 saturated heterocycles. The number of benzene rings is 4. The summed E-state index contributed by atoms with van der Waals surface area (Å²) in [6.45, 7) is 0. The average Bonchev–Trinajstić information content (AvgIpc) is 2.98. The Hall–Kier alpha value is -5.05. The number of esters is 1. The molecule has 0 aliphatic carbocycles. The van der Waals surface area contributed by atoms with Gasteiger partial charge in [-0.05, 0) is 90.3 Å². The van der Waals surface area contributed by atoms with Gasteiger partial charge in [-0.25, -0.2) is 8.78 Å². The highest BCUT2D eigenvalue weighted by molar-refractivity contribution is 6.03. The van der Waals surface area contributed by atoms with E-state index in [-0.39, 0.29) is 48.3 Å². The lowest BCUT2D eigenvalue weighted by Crippen LogP contribution is -2.55. The van der Waals surface area contributed by atoms with Gasteiger partial charge in [0.2, 0.25) is 11.8 Å². The molecule has 2 amide bonds. The number of amides is 2. The maximum Gasteiger partial charge on any atom is 0.311 e. The molecule has 7 nitrogen and oxygen atoms in total. The molecule has 6 rings (SSSR count). The van der Waals surface area contributed by atoms with Crippen molar-refractivity contribution in [2.45, 2.75) is 31.3 Å². The molecule has 0 spiro atoms. The van der Waals surface area contributed by atoms with Crippen LogP contribution in [-0.4, -0.2) is 22.9 Å². The number of halogens is 2. The number of carbonyl (C=O) groups is 3. The van der Waals surface area contributed by atoms with Gasteiger partial charge in [0.15, 0.2) is 0 Å². The van der Waals surface area contributed by atoms with Crippen LogP contribution in [0.3, 0.4) is 0 Å². The SMILES string of the molecule is O=C(CCC1C(=O)N(c2ccc(F)cc2)[C@@H]1c1ccc(O)cc1)Oc1ccc([C@@H]2CC(=O)N2c2ccc(F)cc2)cc1. The predicted molar refractivity (Wildman–Crippen MR) is 151 cm³/mol. The van der Waals surface area contributed by atoms with Crippen LogP contribution in [0.2, 0.25) is 0 Å². The molecule has 9 heteroatoms. The third-order valence-electron chi connectivity index (χ3n) is 7.76. The molecular formula is C33H26F2N2O5. The van der Waals surface area contributed by atoms with E-state index in [9.17, 15) is 28.3 Å². The first kappa shape index (κ1) is 27.1. The van der Waals surface area contributed by atoms with Gasteiger partial charge in [0.05, 0.1) is 24.4 Å². The van der Waals surface area contributed by atoms with E-state index in [4.69, 9.17) is 4.74 Å². The first-order valence-electron chi connectivity index (χ1n) is 13.5. The van der Waals surface area contributed by atoms with Crippen molar-refractivity contribution >= 4 is 29.2 Å². The number of rotatable bonds is 8. The van der Waals surface area contributed by atoms with E-state index in [1.54, 1.807) is 58.3 Å². The highest BCUT2D eigenvalue weighted by Gasteiger charge is 2.48. The maximum atomic E-state index is 13.5. The summed E-state index contributed by atoms with van der Waals surface area (Å²) in [6.07, 6.45) is 0.568. The third kappa shape index (κ3) is 5.21. The highest BCUT2D eigenvalue weighted by atomic mass is 19.1. The number of phenols is 1. The van der Waals surface area contributed by atoms with Crippen LogP contribution in [0.4, 0.5) is 20.2 Å². The van der Waals surface area contributed by atoms with Crippen molar-refractivity contribution < 1.29 is 33.0 Å². The number of aromatic hydroxyl groups is 1. The summed E-state index contributed by atoms with van der Waals surface area (Å²) in [5.74, 6) is -1.59. The largest absolute Gasteiger partial charge is 0.508 e. The molecule has 3 atom stereocenters. The molecule has 0 bridgehead atoms.